The number of ether oxygens (including phenoxy) is 1. The Kier molecular flexibility index (Phi) is 7.41. The fourth-order valence-corrected chi connectivity index (χ4v) is 5.24. The maximum absolute atomic E-state index is 13.4. The van der Waals surface area contributed by atoms with Crippen LogP contribution in [0.5, 0.6) is 5.88 Å². The SMILES string of the molecule is COc1ncc(-c2ccc3ncn(CCCC(N)=O)c(=O)c3c2)cc1NS(=O)(=O)c1ccc(F)cc1Cl. The smallest absolute Gasteiger partial charge is 0.263 e. The quantitative estimate of drug-likeness (QED) is 0.328. The lowest BCUT2D eigenvalue weighted by Crippen LogP contribution is -2.21. The van der Waals surface area contributed by atoms with E-state index in [0.29, 0.717) is 28.5 Å². The van der Waals surface area contributed by atoms with E-state index in [4.69, 9.17) is 22.1 Å². The van der Waals surface area contributed by atoms with E-state index < -0.39 is 21.7 Å². The van der Waals surface area contributed by atoms with Crippen molar-refractivity contribution in [1.82, 2.24) is 14.5 Å². The Bertz CT molecular complexity index is 1680. The highest BCUT2D eigenvalue weighted by Crippen LogP contribution is 2.32. The number of pyridine rings is 1. The second kappa shape index (κ2) is 10.5. The molecule has 1 amide bonds. The maximum Gasteiger partial charge on any atom is 0.263 e. The summed E-state index contributed by atoms with van der Waals surface area (Å²) < 4.78 is 48.3. The number of hydrogen-bond donors (Lipinski definition) is 2. The number of nitrogens with two attached hydrogens (primary N) is 1. The molecule has 0 aliphatic heterocycles. The van der Waals surface area contributed by atoms with Crippen molar-refractivity contribution in [3.05, 3.63) is 76.2 Å². The molecule has 0 saturated heterocycles. The van der Waals surface area contributed by atoms with Gasteiger partial charge in [0.1, 0.15) is 16.4 Å². The van der Waals surface area contributed by atoms with Gasteiger partial charge in [-0.25, -0.2) is 22.8 Å². The lowest BCUT2D eigenvalue weighted by molar-refractivity contribution is -0.118. The van der Waals surface area contributed by atoms with E-state index in [1.807, 2.05) is 0 Å². The lowest BCUT2D eigenvalue weighted by Gasteiger charge is -2.14. The summed E-state index contributed by atoms with van der Waals surface area (Å²) in [7, 11) is -2.89. The van der Waals surface area contributed by atoms with E-state index in [0.717, 1.165) is 18.2 Å². The van der Waals surface area contributed by atoms with E-state index in [9.17, 15) is 22.4 Å². The Balaban J connectivity index is 1.71. The highest BCUT2D eigenvalue weighted by molar-refractivity contribution is 7.92. The topological polar surface area (TPSA) is 146 Å². The van der Waals surface area contributed by atoms with Gasteiger partial charge in [0.25, 0.3) is 15.6 Å². The molecule has 13 heteroatoms. The summed E-state index contributed by atoms with van der Waals surface area (Å²) in [6.45, 7) is 0.275. The number of primary amides is 1. The van der Waals surface area contributed by atoms with Gasteiger partial charge in [-0.1, -0.05) is 17.7 Å². The van der Waals surface area contributed by atoms with Gasteiger partial charge in [-0.05, 0) is 48.4 Å². The third-order valence-electron chi connectivity index (χ3n) is 5.45. The van der Waals surface area contributed by atoms with Gasteiger partial charge in [0.15, 0.2) is 0 Å². The molecule has 10 nitrogen and oxygen atoms in total. The molecule has 2 aromatic heterocycles. The Hall–Kier alpha value is -4.03. The van der Waals surface area contributed by atoms with Crippen LogP contribution in [0.4, 0.5) is 10.1 Å². The van der Waals surface area contributed by atoms with Gasteiger partial charge in [-0.2, -0.15) is 0 Å². The van der Waals surface area contributed by atoms with Gasteiger partial charge in [-0.3, -0.25) is 18.9 Å². The minimum absolute atomic E-state index is 0.00942. The van der Waals surface area contributed by atoms with Gasteiger partial charge < -0.3 is 10.5 Å². The lowest BCUT2D eigenvalue weighted by atomic mass is 10.1. The summed E-state index contributed by atoms with van der Waals surface area (Å²) in [5.74, 6) is -1.14. The largest absolute Gasteiger partial charge is 0.480 e. The molecule has 0 unspecified atom stereocenters. The average molecular weight is 546 g/mol. The molecular formula is C24H21ClFN5O5S. The molecule has 0 saturated carbocycles. The van der Waals surface area contributed by atoms with E-state index in [1.165, 1.54) is 30.3 Å². The van der Waals surface area contributed by atoms with Crippen molar-refractivity contribution in [3.63, 3.8) is 0 Å². The van der Waals surface area contributed by atoms with Crippen LogP contribution in [0.25, 0.3) is 22.0 Å². The number of aryl methyl sites for hydroxylation is 1. The van der Waals surface area contributed by atoms with Gasteiger partial charge in [0, 0.05) is 24.7 Å². The molecule has 0 fully saturated rings. The van der Waals surface area contributed by atoms with Crippen LogP contribution >= 0.6 is 11.6 Å². The van der Waals surface area contributed by atoms with E-state index in [-0.39, 0.29) is 40.0 Å². The molecule has 37 heavy (non-hydrogen) atoms. The van der Waals surface area contributed by atoms with Crippen molar-refractivity contribution in [2.45, 2.75) is 24.3 Å². The number of amides is 1. The second-order valence-electron chi connectivity index (χ2n) is 8.01. The minimum Gasteiger partial charge on any atom is -0.480 e. The van der Waals surface area contributed by atoms with Crippen LogP contribution in [0.1, 0.15) is 12.8 Å². The first kappa shape index (κ1) is 26.0. The predicted octanol–water partition coefficient (Wildman–Crippen LogP) is 3.33. The van der Waals surface area contributed by atoms with Crippen LogP contribution < -0.4 is 20.8 Å². The van der Waals surface area contributed by atoms with Gasteiger partial charge in [-0.15, -0.1) is 0 Å². The minimum atomic E-state index is -4.22. The van der Waals surface area contributed by atoms with Crippen molar-refractivity contribution in [2.24, 2.45) is 5.73 Å². The number of benzene rings is 2. The number of anilines is 1. The summed E-state index contributed by atoms with van der Waals surface area (Å²) in [5.41, 5.74) is 6.39. The zero-order valence-corrected chi connectivity index (χ0v) is 21.0. The molecule has 0 atom stereocenters. The fourth-order valence-electron chi connectivity index (χ4n) is 3.66. The number of hydrogen-bond acceptors (Lipinski definition) is 7. The van der Waals surface area contributed by atoms with Crippen LogP contribution in [0.3, 0.4) is 0 Å². The monoisotopic (exact) mass is 545 g/mol. The summed E-state index contributed by atoms with van der Waals surface area (Å²) in [4.78, 5) is 32.1. The molecule has 0 bridgehead atoms. The number of carbonyl (C=O) groups is 1. The van der Waals surface area contributed by atoms with Crippen LogP contribution in [-0.4, -0.2) is 36.0 Å². The average Bonchev–Trinajstić information content (AvgIpc) is 2.84. The third-order valence-corrected chi connectivity index (χ3v) is 7.30. The van der Waals surface area contributed by atoms with Gasteiger partial charge in [0.05, 0.1) is 29.4 Å². The summed E-state index contributed by atoms with van der Waals surface area (Å²) in [6, 6.07) is 9.41. The molecule has 0 radical (unpaired) electrons. The highest BCUT2D eigenvalue weighted by Gasteiger charge is 2.21. The standard InChI is InChI=1S/C24H21ClFN5O5S/c1-36-23-20(30-37(34,35)21-7-5-16(26)11-18(21)25)10-15(12-28-23)14-4-6-19-17(9-14)24(33)31(13-29-19)8-2-3-22(27)32/h4-7,9-13,30H,2-3,8H2,1H3,(H2,27,32). The first-order valence-electron chi connectivity index (χ1n) is 10.9. The number of fused-ring (bicyclic) bond motifs is 1. The number of sulfonamides is 1. The number of methoxy groups -OCH3 is 1. The Morgan fingerprint density at radius 1 is 1.16 bits per heavy atom. The number of carbonyl (C=O) groups excluding carboxylic acids is 1. The molecule has 192 valence electrons. The summed E-state index contributed by atoms with van der Waals surface area (Å²) in [5, 5.41) is 0.0415. The zero-order chi connectivity index (χ0) is 26.7. The number of nitrogens with one attached hydrogen (secondary N) is 1. The highest BCUT2D eigenvalue weighted by atomic mass is 35.5. The van der Waals surface area contributed by atoms with E-state index in [1.54, 1.807) is 18.2 Å². The van der Waals surface area contributed by atoms with Crippen LogP contribution in [0.2, 0.25) is 5.02 Å². The summed E-state index contributed by atoms with van der Waals surface area (Å²) >= 11 is 5.94. The number of aromatic nitrogens is 3. The van der Waals surface area contributed by atoms with Crippen molar-refractivity contribution in [2.75, 3.05) is 11.8 Å². The van der Waals surface area contributed by atoms with Crippen LogP contribution in [0, 0.1) is 5.82 Å². The third kappa shape index (κ3) is 5.70. The number of rotatable bonds is 9. The molecule has 0 aliphatic carbocycles. The first-order valence-corrected chi connectivity index (χ1v) is 12.7. The second-order valence-corrected chi connectivity index (χ2v) is 10.1. The molecule has 2 aromatic carbocycles. The van der Waals surface area contributed by atoms with Gasteiger partial charge in [0.2, 0.25) is 11.8 Å². The zero-order valence-electron chi connectivity index (χ0n) is 19.4. The van der Waals surface area contributed by atoms with Gasteiger partial charge >= 0.3 is 0 Å². The Labute approximate surface area is 215 Å². The normalized spacial score (nSPS) is 11.4. The van der Waals surface area contributed by atoms with Crippen LogP contribution in [-0.2, 0) is 21.4 Å². The summed E-state index contributed by atoms with van der Waals surface area (Å²) in [6.07, 6.45) is 3.41. The number of nitrogens with zero attached hydrogens (tertiary/aromatic N) is 3. The number of halogens is 2. The predicted molar refractivity (Wildman–Crippen MR) is 136 cm³/mol. The fraction of sp³-hybridized carbons (Fsp3) is 0.167. The molecule has 0 aliphatic rings. The van der Waals surface area contributed by atoms with Crippen molar-refractivity contribution >= 4 is 44.1 Å². The van der Waals surface area contributed by atoms with Crippen molar-refractivity contribution in [1.29, 1.82) is 0 Å². The molecule has 0 spiro atoms. The Morgan fingerprint density at radius 2 is 1.95 bits per heavy atom. The van der Waals surface area contributed by atoms with E-state index >= 15 is 0 Å². The van der Waals surface area contributed by atoms with Crippen molar-refractivity contribution < 1.29 is 22.3 Å². The molecule has 2 heterocycles. The molecule has 4 aromatic rings. The molecule has 4 rings (SSSR count). The Morgan fingerprint density at radius 3 is 2.65 bits per heavy atom. The molecular weight excluding hydrogens is 525 g/mol. The maximum atomic E-state index is 13.4. The first-order chi connectivity index (χ1) is 17.6. The molecule has 3 N–H and O–H groups in total. The van der Waals surface area contributed by atoms with Crippen LogP contribution in [0.15, 0.2) is 64.7 Å². The van der Waals surface area contributed by atoms with E-state index in [2.05, 4.69) is 14.7 Å². The van der Waals surface area contributed by atoms with Crippen molar-refractivity contribution in [3.8, 4) is 17.0 Å².